The van der Waals surface area contributed by atoms with Gasteiger partial charge in [0.05, 0.1) is 15.9 Å². The van der Waals surface area contributed by atoms with Gasteiger partial charge in [-0.2, -0.15) is 0 Å². The molecule has 3 rings (SSSR count). The molecule has 0 saturated carbocycles. The summed E-state index contributed by atoms with van der Waals surface area (Å²) in [6.45, 7) is 0. The zero-order chi connectivity index (χ0) is 16.9. The van der Waals surface area contributed by atoms with E-state index in [1.165, 1.54) is 11.8 Å². The van der Waals surface area contributed by atoms with Crippen molar-refractivity contribution in [2.75, 3.05) is 11.1 Å². The SMILES string of the molecule is O=C(CSc1ncn(-c2ccccc2)n1)Nc1ncc(Br)cc1Br. The smallest absolute Gasteiger partial charge is 0.236 e. The topological polar surface area (TPSA) is 72.7 Å². The molecule has 1 aromatic carbocycles. The van der Waals surface area contributed by atoms with Gasteiger partial charge in [0.2, 0.25) is 11.1 Å². The third-order valence-electron chi connectivity index (χ3n) is 2.89. The van der Waals surface area contributed by atoms with Crippen molar-refractivity contribution in [1.82, 2.24) is 19.7 Å². The van der Waals surface area contributed by atoms with E-state index in [1.54, 1.807) is 17.2 Å². The number of hydrogen-bond donors (Lipinski definition) is 1. The Morgan fingerprint density at radius 3 is 2.75 bits per heavy atom. The first-order chi connectivity index (χ1) is 11.6. The van der Waals surface area contributed by atoms with E-state index in [1.807, 2.05) is 36.4 Å². The van der Waals surface area contributed by atoms with Gasteiger partial charge in [0.15, 0.2) is 0 Å². The van der Waals surface area contributed by atoms with Crippen LogP contribution < -0.4 is 5.32 Å². The van der Waals surface area contributed by atoms with Gasteiger partial charge in [-0.05, 0) is 50.1 Å². The van der Waals surface area contributed by atoms with Crippen molar-refractivity contribution < 1.29 is 4.79 Å². The van der Waals surface area contributed by atoms with E-state index in [9.17, 15) is 4.79 Å². The molecule has 6 nitrogen and oxygen atoms in total. The molecule has 0 spiro atoms. The Hall–Kier alpha value is -1.71. The van der Waals surface area contributed by atoms with Crippen LogP contribution in [0.4, 0.5) is 5.82 Å². The zero-order valence-electron chi connectivity index (χ0n) is 12.2. The predicted octanol–water partition coefficient (Wildman–Crippen LogP) is 3.92. The van der Waals surface area contributed by atoms with Crippen molar-refractivity contribution in [3.63, 3.8) is 0 Å². The average molecular weight is 469 g/mol. The van der Waals surface area contributed by atoms with Crippen LogP contribution in [0.15, 0.2) is 63.0 Å². The van der Waals surface area contributed by atoms with Gasteiger partial charge >= 0.3 is 0 Å². The first kappa shape index (κ1) is 17.1. The molecular formula is C15H11Br2N5OS. The number of nitrogens with zero attached hydrogens (tertiary/aromatic N) is 4. The number of anilines is 1. The van der Waals surface area contributed by atoms with Crippen LogP contribution in [0.1, 0.15) is 0 Å². The van der Waals surface area contributed by atoms with Crippen LogP contribution in [-0.4, -0.2) is 31.4 Å². The Bertz CT molecular complexity index is 856. The highest BCUT2D eigenvalue weighted by Gasteiger charge is 2.10. The van der Waals surface area contributed by atoms with Gasteiger partial charge in [0.25, 0.3) is 0 Å². The minimum atomic E-state index is -0.174. The van der Waals surface area contributed by atoms with Crippen molar-refractivity contribution in [1.29, 1.82) is 0 Å². The van der Waals surface area contributed by atoms with Gasteiger partial charge in [0.1, 0.15) is 12.1 Å². The quantitative estimate of drug-likeness (QED) is 0.574. The van der Waals surface area contributed by atoms with Crippen LogP contribution in [0, 0.1) is 0 Å². The first-order valence-corrected chi connectivity index (χ1v) is 9.40. The molecule has 2 heterocycles. The molecule has 0 unspecified atom stereocenters. The number of para-hydroxylation sites is 1. The van der Waals surface area contributed by atoms with Gasteiger partial charge < -0.3 is 5.32 Å². The molecule has 0 radical (unpaired) electrons. The number of pyridine rings is 1. The molecule has 0 aliphatic heterocycles. The van der Waals surface area contributed by atoms with Gasteiger partial charge in [-0.3, -0.25) is 4.79 Å². The lowest BCUT2D eigenvalue weighted by Gasteiger charge is -2.05. The largest absolute Gasteiger partial charge is 0.309 e. The molecule has 1 amide bonds. The van der Waals surface area contributed by atoms with E-state index in [-0.39, 0.29) is 11.7 Å². The Labute approximate surface area is 159 Å². The van der Waals surface area contributed by atoms with Crippen LogP contribution in [0.3, 0.4) is 0 Å². The monoisotopic (exact) mass is 467 g/mol. The van der Waals surface area contributed by atoms with Gasteiger partial charge in [-0.1, -0.05) is 30.0 Å². The number of carbonyl (C=O) groups is 1. The molecule has 122 valence electrons. The lowest BCUT2D eigenvalue weighted by Crippen LogP contribution is -2.15. The number of thioether (sulfide) groups is 1. The number of halogens is 2. The number of aromatic nitrogens is 4. The van der Waals surface area contributed by atoms with E-state index in [0.717, 1.165) is 10.2 Å². The van der Waals surface area contributed by atoms with Crippen LogP contribution >= 0.6 is 43.6 Å². The highest BCUT2D eigenvalue weighted by molar-refractivity contribution is 9.11. The Kier molecular flexibility index (Phi) is 5.64. The summed E-state index contributed by atoms with van der Waals surface area (Å²) in [7, 11) is 0. The molecule has 0 aliphatic rings. The summed E-state index contributed by atoms with van der Waals surface area (Å²) in [6.07, 6.45) is 3.25. The van der Waals surface area contributed by atoms with Gasteiger partial charge in [0, 0.05) is 10.7 Å². The van der Waals surface area contributed by atoms with Crippen LogP contribution in [0.25, 0.3) is 5.69 Å². The summed E-state index contributed by atoms with van der Waals surface area (Å²) < 4.78 is 3.21. The normalized spacial score (nSPS) is 10.6. The fraction of sp³-hybridized carbons (Fsp3) is 0.0667. The molecular weight excluding hydrogens is 458 g/mol. The molecule has 24 heavy (non-hydrogen) atoms. The van der Waals surface area contributed by atoms with E-state index in [4.69, 9.17) is 0 Å². The predicted molar refractivity (Wildman–Crippen MR) is 100 cm³/mol. The average Bonchev–Trinajstić information content (AvgIpc) is 3.05. The molecule has 9 heteroatoms. The minimum Gasteiger partial charge on any atom is -0.309 e. The Morgan fingerprint density at radius 1 is 1.21 bits per heavy atom. The van der Waals surface area contributed by atoms with E-state index in [2.05, 4.69) is 52.2 Å². The maximum Gasteiger partial charge on any atom is 0.236 e. The Morgan fingerprint density at radius 2 is 2.00 bits per heavy atom. The number of nitrogens with one attached hydrogen (secondary N) is 1. The summed E-state index contributed by atoms with van der Waals surface area (Å²) in [6, 6.07) is 11.5. The summed E-state index contributed by atoms with van der Waals surface area (Å²) in [5.74, 6) is 0.501. The van der Waals surface area contributed by atoms with E-state index < -0.39 is 0 Å². The van der Waals surface area contributed by atoms with E-state index in [0.29, 0.717) is 15.4 Å². The van der Waals surface area contributed by atoms with E-state index >= 15 is 0 Å². The second-order valence-electron chi connectivity index (χ2n) is 4.63. The highest BCUT2D eigenvalue weighted by Crippen LogP contribution is 2.24. The van der Waals surface area contributed by atoms with Crippen molar-refractivity contribution in [3.05, 3.63) is 57.9 Å². The number of rotatable bonds is 5. The van der Waals surface area contributed by atoms with Crippen molar-refractivity contribution >= 4 is 55.3 Å². The third kappa shape index (κ3) is 4.43. The number of hydrogen-bond acceptors (Lipinski definition) is 5. The fourth-order valence-electron chi connectivity index (χ4n) is 1.82. The highest BCUT2D eigenvalue weighted by atomic mass is 79.9. The second kappa shape index (κ2) is 7.91. The zero-order valence-corrected chi connectivity index (χ0v) is 16.2. The Balaban J connectivity index is 1.58. The number of amides is 1. The minimum absolute atomic E-state index is 0.174. The lowest BCUT2D eigenvalue weighted by molar-refractivity contribution is -0.113. The maximum atomic E-state index is 12.0. The van der Waals surface area contributed by atoms with Gasteiger partial charge in [-0.25, -0.2) is 14.6 Å². The molecule has 0 bridgehead atoms. The lowest BCUT2D eigenvalue weighted by atomic mass is 10.3. The van der Waals surface area contributed by atoms with Crippen molar-refractivity contribution in [3.8, 4) is 5.69 Å². The fourth-order valence-corrected chi connectivity index (χ4v) is 3.51. The summed E-state index contributed by atoms with van der Waals surface area (Å²) in [5, 5.41) is 7.63. The van der Waals surface area contributed by atoms with Crippen LogP contribution in [-0.2, 0) is 4.79 Å². The molecule has 0 saturated heterocycles. The number of carbonyl (C=O) groups excluding carboxylic acids is 1. The second-order valence-corrected chi connectivity index (χ2v) is 7.34. The molecule has 0 aliphatic carbocycles. The summed E-state index contributed by atoms with van der Waals surface area (Å²) >= 11 is 7.94. The first-order valence-electron chi connectivity index (χ1n) is 6.82. The van der Waals surface area contributed by atoms with Crippen molar-refractivity contribution in [2.45, 2.75) is 5.16 Å². The molecule has 0 fully saturated rings. The standard InChI is InChI=1S/C15H11Br2N5OS/c16-10-6-12(17)14(18-7-10)20-13(23)8-24-15-19-9-22(21-15)11-4-2-1-3-5-11/h1-7,9H,8H2,(H,18,20,23). The van der Waals surface area contributed by atoms with Crippen molar-refractivity contribution in [2.24, 2.45) is 0 Å². The summed E-state index contributed by atoms with van der Waals surface area (Å²) in [5.41, 5.74) is 0.921. The van der Waals surface area contributed by atoms with Crippen LogP contribution in [0.2, 0.25) is 0 Å². The van der Waals surface area contributed by atoms with Gasteiger partial charge in [-0.15, -0.1) is 5.10 Å². The number of benzene rings is 1. The third-order valence-corrected chi connectivity index (χ3v) is 4.78. The molecule has 0 atom stereocenters. The molecule has 3 aromatic rings. The molecule has 2 aromatic heterocycles. The molecule has 1 N–H and O–H groups in total. The van der Waals surface area contributed by atoms with Crippen LogP contribution in [0.5, 0.6) is 0 Å². The summed E-state index contributed by atoms with van der Waals surface area (Å²) in [4.78, 5) is 20.4. The maximum absolute atomic E-state index is 12.0.